The van der Waals surface area contributed by atoms with E-state index in [1.807, 2.05) is 18.2 Å². The van der Waals surface area contributed by atoms with Gasteiger partial charge in [-0.25, -0.2) is 0 Å². The molecular formula is C19H23BrN2O2. The molecule has 4 nitrogen and oxygen atoms in total. The summed E-state index contributed by atoms with van der Waals surface area (Å²) in [7, 11) is 0. The fourth-order valence-electron chi connectivity index (χ4n) is 2.26. The Morgan fingerprint density at radius 3 is 2.83 bits per heavy atom. The SMILES string of the molecule is CCCCCCOc1ccc(C(=O)NCc2cccnc2)cc1Br. The van der Waals surface area contributed by atoms with Gasteiger partial charge in [0.15, 0.2) is 0 Å². The molecule has 0 unspecified atom stereocenters. The topological polar surface area (TPSA) is 51.2 Å². The van der Waals surface area contributed by atoms with Crippen LogP contribution in [-0.2, 0) is 6.54 Å². The zero-order chi connectivity index (χ0) is 17.2. The Hall–Kier alpha value is -1.88. The van der Waals surface area contributed by atoms with Gasteiger partial charge in [0.05, 0.1) is 11.1 Å². The first kappa shape index (κ1) is 18.5. The second-order valence-electron chi connectivity index (χ2n) is 5.60. The maximum absolute atomic E-state index is 12.2. The van der Waals surface area contributed by atoms with Crippen molar-refractivity contribution >= 4 is 21.8 Å². The molecule has 1 aromatic carbocycles. The van der Waals surface area contributed by atoms with Crippen molar-refractivity contribution in [2.75, 3.05) is 6.61 Å². The van der Waals surface area contributed by atoms with Gasteiger partial charge in [-0.2, -0.15) is 0 Å². The first-order valence-corrected chi connectivity index (χ1v) is 9.09. The molecule has 0 atom stereocenters. The molecule has 2 aromatic rings. The highest BCUT2D eigenvalue weighted by Gasteiger charge is 2.09. The Bertz CT molecular complexity index is 647. The largest absolute Gasteiger partial charge is 0.492 e. The van der Waals surface area contributed by atoms with Gasteiger partial charge in [-0.1, -0.05) is 32.3 Å². The number of pyridine rings is 1. The van der Waals surface area contributed by atoms with Crippen molar-refractivity contribution in [3.8, 4) is 5.75 Å². The molecule has 5 heteroatoms. The normalized spacial score (nSPS) is 10.4. The Morgan fingerprint density at radius 1 is 1.25 bits per heavy atom. The van der Waals surface area contributed by atoms with Gasteiger partial charge >= 0.3 is 0 Å². The molecule has 0 saturated heterocycles. The summed E-state index contributed by atoms with van der Waals surface area (Å²) in [5.74, 6) is 0.657. The third kappa shape index (κ3) is 5.96. The summed E-state index contributed by atoms with van der Waals surface area (Å²) < 4.78 is 6.56. The third-order valence-corrected chi connectivity index (χ3v) is 4.25. The van der Waals surface area contributed by atoms with Crippen molar-refractivity contribution < 1.29 is 9.53 Å². The van der Waals surface area contributed by atoms with Crippen LogP contribution < -0.4 is 10.1 Å². The molecule has 24 heavy (non-hydrogen) atoms. The number of aromatic nitrogens is 1. The van der Waals surface area contributed by atoms with Crippen LogP contribution in [0, 0.1) is 0 Å². The predicted octanol–water partition coefficient (Wildman–Crippen LogP) is 4.73. The molecule has 2 rings (SSSR count). The van der Waals surface area contributed by atoms with E-state index in [0.29, 0.717) is 18.7 Å². The van der Waals surface area contributed by atoms with Gasteiger partial charge in [-0.15, -0.1) is 0 Å². The van der Waals surface area contributed by atoms with E-state index in [-0.39, 0.29) is 5.91 Å². The molecule has 1 amide bonds. The van der Waals surface area contributed by atoms with Crippen LogP contribution >= 0.6 is 15.9 Å². The number of unbranched alkanes of at least 4 members (excludes halogenated alkanes) is 3. The third-order valence-electron chi connectivity index (χ3n) is 3.63. The number of hydrogen-bond donors (Lipinski definition) is 1. The lowest BCUT2D eigenvalue weighted by Gasteiger charge is -2.10. The van der Waals surface area contributed by atoms with Gasteiger partial charge in [0.25, 0.3) is 5.91 Å². The Balaban J connectivity index is 1.85. The fourth-order valence-corrected chi connectivity index (χ4v) is 2.75. The van der Waals surface area contributed by atoms with Crippen LogP contribution in [0.15, 0.2) is 47.2 Å². The highest BCUT2D eigenvalue weighted by Crippen LogP contribution is 2.26. The molecule has 0 fully saturated rings. The second kappa shape index (κ2) is 10.1. The number of hydrogen-bond acceptors (Lipinski definition) is 3. The minimum absolute atomic E-state index is 0.117. The second-order valence-corrected chi connectivity index (χ2v) is 6.45. The lowest BCUT2D eigenvalue weighted by Crippen LogP contribution is -2.22. The fraction of sp³-hybridized carbons (Fsp3) is 0.368. The van der Waals surface area contributed by atoms with Crippen molar-refractivity contribution in [3.63, 3.8) is 0 Å². The number of halogens is 1. The average Bonchev–Trinajstić information content (AvgIpc) is 2.61. The summed E-state index contributed by atoms with van der Waals surface area (Å²) in [6.07, 6.45) is 8.14. The van der Waals surface area contributed by atoms with E-state index < -0.39 is 0 Å². The average molecular weight is 391 g/mol. The quantitative estimate of drug-likeness (QED) is 0.629. The first-order chi connectivity index (χ1) is 11.7. The number of rotatable bonds is 9. The molecule has 128 valence electrons. The molecule has 1 heterocycles. The van der Waals surface area contributed by atoms with Crippen LogP contribution in [0.25, 0.3) is 0 Å². The smallest absolute Gasteiger partial charge is 0.251 e. The molecular weight excluding hydrogens is 368 g/mol. The standard InChI is InChI=1S/C19H23BrN2O2/c1-2-3-4-5-11-24-18-9-8-16(12-17(18)20)19(23)22-14-15-7-6-10-21-13-15/h6-10,12-13H,2-5,11,14H2,1H3,(H,22,23). The molecule has 0 bridgehead atoms. The van der Waals surface area contributed by atoms with Crippen LogP contribution in [0.2, 0.25) is 0 Å². The first-order valence-electron chi connectivity index (χ1n) is 8.30. The monoisotopic (exact) mass is 390 g/mol. The summed E-state index contributed by atoms with van der Waals surface area (Å²) in [6.45, 7) is 3.35. The van der Waals surface area contributed by atoms with E-state index in [1.54, 1.807) is 24.5 Å². The van der Waals surface area contributed by atoms with Crippen LogP contribution in [0.5, 0.6) is 5.75 Å². The number of nitrogens with zero attached hydrogens (tertiary/aromatic N) is 1. The molecule has 0 radical (unpaired) electrons. The minimum atomic E-state index is -0.117. The number of carbonyl (C=O) groups is 1. The molecule has 0 aliphatic heterocycles. The van der Waals surface area contributed by atoms with E-state index >= 15 is 0 Å². The molecule has 0 aliphatic rings. The van der Waals surface area contributed by atoms with Crippen LogP contribution in [0.3, 0.4) is 0 Å². The number of ether oxygens (including phenoxy) is 1. The zero-order valence-electron chi connectivity index (χ0n) is 13.9. The van der Waals surface area contributed by atoms with E-state index in [1.165, 1.54) is 19.3 Å². The highest BCUT2D eigenvalue weighted by molar-refractivity contribution is 9.10. The van der Waals surface area contributed by atoms with E-state index in [2.05, 4.69) is 33.2 Å². The van der Waals surface area contributed by atoms with Gasteiger partial charge in [0, 0.05) is 24.5 Å². The minimum Gasteiger partial charge on any atom is -0.492 e. The van der Waals surface area contributed by atoms with Gasteiger partial charge in [-0.3, -0.25) is 9.78 Å². The number of carbonyl (C=O) groups excluding carboxylic acids is 1. The van der Waals surface area contributed by atoms with Crippen molar-refractivity contribution in [1.29, 1.82) is 0 Å². The van der Waals surface area contributed by atoms with E-state index in [0.717, 1.165) is 22.2 Å². The molecule has 1 N–H and O–H groups in total. The molecule has 0 saturated carbocycles. The number of nitrogens with one attached hydrogen (secondary N) is 1. The van der Waals surface area contributed by atoms with Gasteiger partial charge < -0.3 is 10.1 Å². The van der Waals surface area contributed by atoms with Crippen molar-refractivity contribution in [2.45, 2.75) is 39.2 Å². The maximum atomic E-state index is 12.2. The van der Waals surface area contributed by atoms with E-state index in [9.17, 15) is 4.79 Å². The van der Waals surface area contributed by atoms with Gasteiger partial charge in [0.2, 0.25) is 0 Å². The highest BCUT2D eigenvalue weighted by atomic mass is 79.9. The van der Waals surface area contributed by atoms with Crippen LogP contribution in [0.4, 0.5) is 0 Å². The maximum Gasteiger partial charge on any atom is 0.251 e. The lowest BCUT2D eigenvalue weighted by atomic mass is 10.2. The van der Waals surface area contributed by atoms with Crippen molar-refractivity contribution in [3.05, 3.63) is 58.3 Å². The number of benzene rings is 1. The summed E-state index contributed by atoms with van der Waals surface area (Å²) in [5.41, 5.74) is 1.57. The number of amides is 1. The summed E-state index contributed by atoms with van der Waals surface area (Å²) in [6, 6.07) is 9.19. The van der Waals surface area contributed by atoms with Crippen LogP contribution in [0.1, 0.15) is 48.5 Å². The van der Waals surface area contributed by atoms with Crippen molar-refractivity contribution in [1.82, 2.24) is 10.3 Å². The summed E-state index contributed by atoms with van der Waals surface area (Å²) in [5, 5.41) is 2.89. The molecule has 1 aromatic heterocycles. The van der Waals surface area contributed by atoms with Gasteiger partial charge in [-0.05, 0) is 52.2 Å². The summed E-state index contributed by atoms with van der Waals surface area (Å²) >= 11 is 3.48. The summed E-state index contributed by atoms with van der Waals surface area (Å²) in [4.78, 5) is 16.3. The lowest BCUT2D eigenvalue weighted by molar-refractivity contribution is 0.0951. The van der Waals surface area contributed by atoms with Gasteiger partial charge in [0.1, 0.15) is 5.75 Å². The van der Waals surface area contributed by atoms with Crippen LogP contribution in [-0.4, -0.2) is 17.5 Å². The van der Waals surface area contributed by atoms with Crippen molar-refractivity contribution in [2.24, 2.45) is 0 Å². The molecule has 0 spiro atoms. The Labute approximate surface area is 151 Å². The van der Waals surface area contributed by atoms with E-state index in [4.69, 9.17) is 4.74 Å². The Kier molecular flexibility index (Phi) is 7.75. The zero-order valence-corrected chi connectivity index (χ0v) is 15.5. The molecule has 0 aliphatic carbocycles. The Morgan fingerprint density at radius 2 is 2.12 bits per heavy atom. The predicted molar refractivity (Wildman–Crippen MR) is 99.2 cm³/mol.